The monoisotopic (exact) mass is 344 g/mol. The van der Waals surface area contributed by atoms with E-state index in [0.717, 1.165) is 17.8 Å². The molecule has 2 aromatic rings. The number of aryl methyl sites for hydroxylation is 1. The molecule has 3 rings (SSSR count). The van der Waals surface area contributed by atoms with Gasteiger partial charge in [-0.15, -0.1) is 0 Å². The van der Waals surface area contributed by atoms with Gasteiger partial charge in [0.05, 0.1) is 11.0 Å². The summed E-state index contributed by atoms with van der Waals surface area (Å²) in [6.07, 6.45) is 4.79. The molecule has 1 heterocycles. The van der Waals surface area contributed by atoms with E-state index in [0.29, 0.717) is 5.92 Å². The van der Waals surface area contributed by atoms with Crippen molar-refractivity contribution < 1.29 is 0 Å². The minimum absolute atomic E-state index is 0.216. The zero-order chi connectivity index (χ0) is 19.6. The molecule has 0 saturated heterocycles. The Bertz CT molecular complexity index is 647. The van der Waals surface area contributed by atoms with Crippen LogP contribution in [0, 0.1) is 18.3 Å². The van der Waals surface area contributed by atoms with E-state index in [1.165, 1.54) is 17.6 Å². The fraction of sp³-hybridized carbons (Fsp3) is 0.609. The van der Waals surface area contributed by atoms with Gasteiger partial charge in [-0.2, -0.15) is 0 Å². The van der Waals surface area contributed by atoms with Crippen LogP contribution in [0.25, 0.3) is 16.7 Å². The number of nitrogens with zero attached hydrogens (tertiary/aromatic N) is 2. The van der Waals surface area contributed by atoms with Crippen molar-refractivity contribution in [1.29, 1.82) is 0 Å². The molecule has 2 heteroatoms. The summed E-state index contributed by atoms with van der Waals surface area (Å²) in [7, 11) is 0. The van der Waals surface area contributed by atoms with Crippen molar-refractivity contribution in [3.8, 4) is 0 Å². The lowest BCUT2D eigenvalue weighted by atomic mass is 9.81. The summed E-state index contributed by atoms with van der Waals surface area (Å²) in [6, 6.07) is 8.39. The maximum absolute atomic E-state index is 4.67. The third-order valence-corrected chi connectivity index (χ3v) is 4.53. The van der Waals surface area contributed by atoms with Gasteiger partial charge in [0.15, 0.2) is 0 Å². The van der Waals surface area contributed by atoms with E-state index in [1.807, 2.05) is 27.7 Å². The zero-order valence-electron chi connectivity index (χ0n) is 18.3. The molecule has 0 fully saturated rings. The highest BCUT2D eigenvalue weighted by molar-refractivity contribution is 5.81. The molecule has 1 aliphatic carbocycles. The van der Waals surface area contributed by atoms with E-state index in [2.05, 4.69) is 81.4 Å². The molecule has 1 aliphatic rings. The number of aromatic nitrogens is 2. The average Bonchev–Trinajstić information content (AvgIpc) is 3.07. The van der Waals surface area contributed by atoms with Crippen LogP contribution in [0.2, 0.25) is 0 Å². The zero-order valence-corrected chi connectivity index (χ0v) is 18.3. The highest BCUT2D eigenvalue weighted by Gasteiger charge is 2.36. The largest absolute Gasteiger partial charge is 0.300 e. The highest BCUT2D eigenvalue weighted by Crippen LogP contribution is 2.46. The second-order valence-electron chi connectivity index (χ2n) is 6.64. The lowest BCUT2D eigenvalue weighted by Gasteiger charge is -2.29. The van der Waals surface area contributed by atoms with E-state index in [4.69, 9.17) is 0 Å². The molecule has 0 spiro atoms. The number of hydrogen-bond acceptors (Lipinski definition) is 1. The molecule has 1 aromatic carbocycles. The van der Waals surface area contributed by atoms with Gasteiger partial charge in [-0.05, 0) is 31.4 Å². The van der Waals surface area contributed by atoms with Crippen LogP contribution in [-0.4, -0.2) is 9.55 Å². The first-order chi connectivity index (χ1) is 11.9. The van der Waals surface area contributed by atoms with E-state index < -0.39 is 0 Å². The summed E-state index contributed by atoms with van der Waals surface area (Å²) in [6.45, 7) is 21.4. The van der Waals surface area contributed by atoms with E-state index >= 15 is 0 Å². The first-order valence-electron chi connectivity index (χ1n) is 10.1. The maximum atomic E-state index is 4.67. The van der Waals surface area contributed by atoms with Gasteiger partial charge in [-0.1, -0.05) is 86.9 Å². The number of hydrogen-bond donors (Lipinski definition) is 0. The maximum Gasteiger partial charge on any atom is 0.111 e. The van der Waals surface area contributed by atoms with Gasteiger partial charge in [-0.25, -0.2) is 4.98 Å². The van der Waals surface area contributed by atoms with Gasteiger partial charge in [-0.3, -0.25) is 0 Å². The summed E-state index contributed by atoms with van der Waals surface area (Å²) < 4.78 is 2.33. The van der Waals surface area contributed by atoms with Crippen LogP contribution in [0.5, 0.6) is 0 Å². The van der Waals surface area contributed by atoms with E-state index in [1.54, 1.807) is 0 Å². The molecule has 0 aliphatic heterocycles. The smallest absolute Gasteiger partial charge is 0.111 e. The Balaban J connectivity index is 0.000000728. The molecule has 0 amide bonds. The average molecular weight is 345 g/mol. The van der Waals surface area contributed by atoms with Crippen molar-refractivity contribution in [2.24, 2.45) is 11.3 Å². The Hall–Kier alpha value is -1.57. The van der Waals surface area contributed by atoms with Crippen LogP contribution >= 0.6 is 0 Å². The fourth-order valence-corrected chi connectivity index (χ4v) is 2.93. The fourth-order valence-electron chi connectivity index (χ4n) is 2.93. The molecule has 0 saturated carbocycles. The summed E-state index contributed by atoms with van der Waals surface area (Å²) in [5.41, 5.74) is 3.93. The van der Waals surface area contributed by atoms with Gasteiger partial charge in [0.1, 0.15) is 5.82 Å². The number of rotatable bonds is 1. The Kier molecular flexibility index (Phi) is 10.4. The number of fused-ring (bicyclic) bond motifs is 1. The first-order valence-corrected chi connectivity index (χ1v) is 10.1. The van der Waals surface area contributed by atoms with Gasteiger partial charge in [0.2, 0.25) is 0 Å². The second kappa shape index (κ2) is 11.1. The minimum Gasteiger partial charge on any atom is -0.300 e. The Morgan fingerprint density at radius 2 is 1.60 bits per heavy atom. The molecule has 1 atom stereocenters. The number of para-hydroxylation sites is 2. The molecule has 0 N–H and O–H groups in total. The van der Waals surface area contributed by atoms with Gasteiger partial charge in [0.25, 0.3) is 0 Å². The highest BCUT2D eigenvalue weighted by atomic mass is 15.1. The quantitative estimate of drug-likeness (QED) is 0.517. The van der Waals surface area contributed by atoms with Crippen LogP contribution in [0.1, 0.15) is 81.0 Å². The number of imidazole rings is 1. The van der Waals surface area contributed by atoms with Gasteiger partial charge >= 0.3 is 0 Å². The van der Waals surface area contributed by atoms with E-state index in [-0.39, 0.29) is 5.41 Å². The van der Waals surface area contributed by atoms with Crippen molar-refractivity contribution in [3.05, 3.63) is 36.2 Å². The third-order valence-electron chi connectivity index (χ3n) is 4.53. The third kappa shape index (κ3) is 5.20. The SMILES string of the molecule is CC.CC.CCC.Cc1nc2ccccc2n1C1=CCC(C)C1(C)C. The summed E-state index contributed by atoms with van der Waals surface area (Å²) >= 11 is 0. The summed E-state index contributed by atoms with van der Waals surface area (Å²) in [5.74, 6) is 1.78. The Morgan fingerprint density at radius 3 is 2.08 bits per heavy atom. The molecular weight excluding hydrogens is 304 g/mol. The van der Waals surface area contributed by atoms with Gasteiger partial charge in [0, 0.05) is 11.1 Å². The van der Waals surface area contributed by atoms with Crippen LogP contribution in [0.3, 0.4) is 0 Å². The van der Waals surface area contributed by atoms with Crippen molar-refractivity contribution in [3.63, 3.8) is 0 Å². The first kappa shape index (κ1) is 23.4. The number of allylic oxidation sites excluding steroid dienone is 2. The summed E-state index contributed by atoms with van der Waals surface area (Å²) in [5, 5.41) is 0. The molecule has 142 valence electrons. The predicted octanol–water partition coefficient (Wildman–Crippen LogP) is 7.72. The van der Waals surface area contributed by atoms with Crippen molar-refractivity contribution in [2.45, 2.75) is 82.1 Å². The molecule has 25 heavy (non-hydrogen) atoms. The summed E-state index contributed by atoms with van der Waals surface area (Å²) in [4.78, 5) is 4.67. The van der Waals surface area contributed by atoms with Crippen LogP contribution in [-0.2, 0) is 0 Å². The van der Waals surface area contributed by atoms with Crippen LogP contribution in [0.15, 0.2) is 30.3 Å². The lowest BCUT2D eigenvalue weighted by Crippen LogP contribution is -2.21. The topological polar surface area (TPSA) is 17.8 Å². The Morgan fingerprint density at radius 1 is 1.08 bits per heavy atom. The van der Waals surface area contributed by atoms with Crippen molar-refractivity contribution in [1.82, 2.24) is 9.55 Å². The molecule has 2 nitrogen and oxygen atoms in total. The van der Waals surface area contributed by atoms with Crippen LogP contribution < -0.4 is 0 Å². The van der Waals surface area contributed by atoms with Crippen LogP contribution in [0.4, 0.5) is 0 Å². The minimum atomic E-state index is 0.216. The van der Waals surface area contributed by atoms with Crippen molar-refractivity contribution in [2.75, 3.05) is 0 Å². The molecule has 0 radical (unpaired) electrons. The lowest BCUT2D eigenvalue weighted by molar-refractivity contribution is 0.338. The molecule has 0 bridgehead atoms. The normalized spacial score (nSPS) is 17.4. The predicted molar refractivity (Wildman–Crippen MR) is 115 cm³/mol. The second-order valence-corrected chi connectivity index (χ2v) is 6.64. The van der Waals surface area contributed by atoms with Gasteiger partial charge < -0.3 is 4.57 Å². The van der Waals surface area contributed by atoms with Crippen molar-refractivity contribution >= 4 is 16.7 Å². The molecule has 1 unspecified atom stereocenters. The Labute approximate surface area is 156 Å². The molecular formula is C23H40N2. The molecule has 1 aromatic heterocycles. The number of benzene rings is 1. The standard InChI is InChI=1S/C16H20N2.C3H8.2C2H6/c1-11-9-10-15(16(11,3)4)18-12(2)17-13-7-5-6-8-14(13)18;1-3-2;2*1-2/h5-8,10-11H,9H2,1-4H3;3H2,1-2H3;2*1-2H3. The van der Waals surface area contributed by atoms with E-state index in [9.17, 15) is 0 Å².